The van der Waals surface area contributed by atoms with Gasteiger partial charge in [-0.15, -0.1) is 10.2 Å². The largest absolute Gasteiger partial charge is 0.312 e. The lowest BCUT2D eigenvalue weighted by Gasteiger charge is -2.17. The molecule has 1 aliphatic rings. The summed E-state index contributed by atoms with van der Waals surface area (Å²) in [6.07, 6.45) is 0.217. The van der Waals surface area contributed by atoms with Crippen LogP contribution in [-0.2, 0) is 9.59 Å². The maximum Gasteiger partial charge on any atom is 0.231 e. The summed E-state index contributed by atoms with van der Waals surface area (Å²) in [6, 6.07) is 5.92. The van der Waals surface area contributed by atoms with Crippen LogP contribution >= 0.6 is 11.3 Å². The summed E-state index contributed by atoms with van der Waals surface area (Å²) < 4.78 is 0. The number of hydrogen-bond donors (Lipinski definition) is 1. The molecule has 1 saturated heterocycles. The van der Waals surface area contributed by atoms with Crippen molar-refractivity contribution >= 4 is 34.0 Å². The number of nitrogens with one attached hydrogen (secondary N) is 1. The van der Waals surface area contributed by atoms with E-state index in [9.17, 15) is 9.59 Å². The van der Waals surface area contributed by atoms with Crippen LogP contribution in [0, 0.1) is 19.8 Å². The molecule has 132 valence electrons. The van der Waals surface area contributed by atoms with Crippen molar-refractivity contribution in [2.45, 2.75) is 40.0 Å². The molecule has 1 unspecified atom stereocenters. The van der Waals surface area contributed by atoms with Crippen molar-refractivity contribution in [1.82, 2.24) is 10.2 Å². The third-order valence-corrected chi connectivity index (χ3v) is 5.60. The van der Waals surface area contributed by atoms with Crippen LogP contribution in [0.2, 0.25) is 0 Å². The molecule has 2 heterocycles. The summed E-state index contributed by atoms with van der Waals surface area (Å²) in [5.74, 6) is -0.299. The number of anilines is 2. The average molecular weight is 358 g/mol. The maximum absolute atomic E-state index is 12.5. The number of carbonyl (C=O) groups excluding carboxylic acids is 2. The van der Waals surface area contributed by atoms with Crippen molar-refractivity contribution in [3.8, 4) is 0 Å². The Hall–Kier alpha value is -2.28. The highest BCUT2D eigenvalue weighted by molar-refractivity contribution is 7.15. The first-order chi connectivity index (χ1) is 11.8. The lowest BCUT2D eigenvalue weighted by atomic mass is 10.1. The summed E-state index contributed by atoms with van der Waals surface area (Å²) in [4.78, 5) is 26.5. The fourth-order valence-corrected chi connectivity index (χ4v) is 3.50. The fourth-order valence-electron chi connectivity index (χ4n) is 2.75. The van der Waals surface area contributed by atoms with Gasteiger partial charge in [-0.1, -0.05) is 31.3 Å². The zero-order valence-electron chi connectivity index (χ0n) is 14.9. The van der Waals surface area contributed by atoms with E-state index in [1.54, 1.807) is 4.90 Å². The Morgan fingerprint density at radius 3 is 2.68 bits per heavy atom. The highest BCUT2D eigenvalue weighted by atomic mass is 32.1. The molecule has 0 spiro atoms. The second-order valence-corrected chi connectivity index (χ2v) is 7.77. The van der Waals surface area contributed by atoms with E-state index in [0.29, 0.717) is 11.7 Å². The third kappa shape index (κ3) is 3.71. The summed E-state index contributed by atoms with van der Waals surface area (Å²) >= 11 is 1.38. The number of benzene rings is 1. The Bertz CT molecular complexity index is 815. The number of aromatic nitrogens is 2. The van der Waals surface area contributed by atoms with E-state index in [4.69, 9.17) is 0 Å². The SMILES string of the molecule is Cc1ccc(N2CC(C(=O)Nc3nnc(C(C)C)s3)CC2=O)cc1C. The molecule has 1 fully saturated rings. The van der Waals surface area contributed by atoms with Gasteiger partial charge >= 0.3 is 0 Å². The van der Waals surface area contributed by atoms with Gasteiger partial charge < -0.3 is 10.2 Å². The smallest absolute Gasteiger partial charge is 0.231 e. The van der Waals surface area contributed by atoms with E-state index in [0.717, 1.165) is 16.3 Å². The van der Waals surface area contributed by atoms with E-state index in [-0.39, 0.29) is 30.1 Å². The molecule has 0 bridgehead atoms. The minimum Gasteiger partial charge on any atom is -0.312 e. The first kappa shape index (κ1) is 17.5. The minimum atomic E-state index is -0.375. The van der Waals surface area contributed by atoms with Crippen molar-refractivity contribution in [2.75, 3.05) is 16.8 Å². The highest BCUT2D eigenvalue weighted by Crippen LogP contribution is 2.28. The van der Waals surface area contributed by atoms with E-state index in [2.05, 4.69) is 15.5 Å². The van der Waals surface area contributed by atoms with Crippen LogP contribution in [0.15, 0.2) is 18.2 Å². The van der Waals surface area contributed by atoms with Gasteiger partial charge in [0.05, 0.1) is 5.92 Å². The molecule has 2 aromatic rings. The van der Waals surface area contributed by atoms with E-state index in [1.165, 1.54) is 16.9 Å². The molecule has 6 nitrogen and oxygen atoms in total. The lowest BCUT2D eigenvalue weighted by Crippen LogP contribution is -2.28. The van der Waals surface area contributed by atoms with Crippen LogP contribution in [0.25, 0.3) is 0 Å². The molecule has 0 saturated carbocycles. The number of nitrogens with zero attached hydrogens (tertiary/aromatic N) is 3. The third-order valence-electron chi connectivity index (χ3n) is 4.46. The van der Waals surface area contributed by atoms with Crippen LogP contribution < -0.4 is 10.2 Å². The first-order valence-electron chi connectivity index (χ1n) is 8.37. The van der Waals surface area contributed by atoms with Gasteiger partial charge in [0, 0.05) is 24.6 Å². The fraction of sp³-hybridized carbons (Fsp3) is 0.444. The molecule has 1 aromatic heterocycles. The number of rotatable bonds is 4. The predicted molar refractivity (Wildman–Crippen MR) is 99.0 cm³/mol. The minimum absolute atomic E-state index is 0.0245. The molecule has 1 aromatic carbocycles. The van der Waals surface area contributed by atoms with Gasteiger partial charge in [-0.25, -0.2) is 0 Å². The number of aryl methyl sites for hydroxylation is 2. The molecule has 7 heteroatoms. The number of amides is 2. The van der Waals surface area contributed by atoms with Gasteiger partial charge in [-0.05, 0) is 37.1 Å². The lowest BCUT2D eigenvalue weighted by molar-refractivity contribution is -0.122. The Morgan fingerprint density at radius 1 is 1.28 bits per heavy atom. The molecule has 25 heavy (non-hydrogen) atoms. The van der Waals surface area contributed by atoms with Crippen molar-refractivity contribution in [1.29, 1.82) is 0 Å². The van der Waals surface area contributed by atoms with E-state index in [1.807, 2.05) is 45.9 Å². The summed E-state index contributed by atoms with van der Waals surface area (Å²) in [5, 5.41) is 12.2. The number of hydrogen-bond acceptors (Lipinski definition) is 5. The molecular formula is C18H22N4O2S. The molecular weight excluding hydrogens is 336 g/mol. The van der Waals surface area contributed by atoms with Crippen molar-refractivity contribution in [2.24, 2.45) is 5.92 Å². The van der Waals surface area contributed by atoms with E-state index >= 15 is 0 Å². The molecule has 2 amide bonds. The predicted octanol–water partition coefficient (Wildman–Crippen LogP) is 3.27. The van der Waals surface area contributed by atoms with Gasteiger partial charge in [0.25, 0.3) is 0 Å². The Kier molecular flexibility index (Phi) is 4.85. The standard InChI is InChI=1S/C18H22N4O2S/c1-10(2)17-20-21-18(25-17)19-16(24)13-8-15(23)22(9-13)14-6-5-11(3)12(4)7-14/h5-7,10,13H,8-9H2,1-4H3,(H,19,21,24). The average Bonchev–Trinajstić information content (AvgIpc) is 3.17. The van der Waals surface area contributed by atoms with Crippen LogP contribution in [0.3, 0.4) is 0 Å². The summed E-state index contributed by atoms with van der Waals surface area (Å²) in [5.41, 5.74) is 3.16. The zero-order chi connectivity index (χ0) is 18.1. The van der Waals surface area contributed by atoms with Crippen LogP contribution in [-0.4, -0.2) is 28.6 Å². The zero-order valence-corrected chi connectivity index (χ0v) is 15.7. The highest BCUT2D eigenvalue weighted by Gasteiger charge is 2.35. The normalized spacial score (nSPS) is 17.4. The molecule has 1 aliphatic heterocycles. The van der Waals surface area contributed by atoms with Crippen LogP contribution in [0.4, 0.5) is 10.8 Å². The Balaban J connectivity index is 1.68. The monoisotopic (exact) mass is 358 g/mol. The van der Waals surface area contributed by atoms with Gasteiger partial charge in [0.15, 0.2) is 0 Å². The van der Waals surface area contributed by atoms with Gasteiger partial charge in [0.2, 0.25) is 16.9 Å². The summed E-state index contributed by atoms with van der Waals surface area (Å²) in [6.45, 7) is 8.51. The van der Waals surface area contributed by atoms with Gasteiger partial charge in [-0.3, -0.25) is 9.59 Å². The molecule has 1 atom stereocenters. The first-order valence-corrected chi connectivity index (χ1v) is 9.18. The van der Waals surface area contributed by atoms with Gasteiger partial charge in [-0.2, -0.15) is 0 Å². The van der Waals surface area contributed by atoms with Crippen LogP contribution in [0.5, 0.6) is 0 Å². The van der Waals surface area contributed by atoms with Crippen LogP contribution in [0.1, 0.15) is 42.3 Å². The number of carbonyl (C=O) groups is 2. The molecule has 3 rings (SSSR count). The second-order valence-electron chi connectivity index (χ2n) is 6.76. The quantitative estimate of drug-likeness (QED) is 0.910. The summed E-state index contributed by atoms with van der Waals surface area (Å²) in [7, 11) is 0. The molecule has 0 radical (unpaired) electrons. The van der Waals surface area contributed by atoms with Crippen molar-refractivity contribution in [3.63, 3.8) is 0 Å². The van der Waals surface area contributed by atoms with Crippen molar-refractivity contribution in [3.05, 3.63) is 34.3 Å². The molecule has 1 N–H and O–H groups in total. The second kappa shape index (κ2) is 6.92. The topological polar surface area (TPSA) is 75.2 Å². The van der Waals surface area contributed by atoms with Crippen molar-refractivity contribution < 1.29 is 9.59 Å². The van der Waals surface area contributed by atoms with E-state index < -0.39 is 0 Å². The Morgan fingerprint density at radius 2 is 2.04 bits per heavy atom. The Labute approximate surface area is 151 Å². The molecule has 0 aliphatic carbocycles. The van der Waals surface area contributed by atoms with Gasteiger partial charge in [0.1, 0.15) is 5.01 Å². The maximum atomic E-state index is 12.5.